The Morgan fingerprint density at radius 3 is 2.30 bits per heavy atom. The van der Waals surface area contributed by atoms with Gasteiger partial charge in [-0.2, -0.15) is 0 Å². The maximum Gasteiger partial charge on any atom is 0.408 e. The molecule has 0 heterocycles. The van der Waals surface area contributed by atoms with Crippen LogP contribution in [0.5, 0.6) is 5.75 Å². The molecule has 1 aliphatic carbocycles. The molecular formula is C37H46FNO5. The zero-order valence-corrected chi connectivity index (χ0v) is 27.1. The quantitative estimate of drug-likeness (QED) is 0.221. The average Bonchev–Trinajstić information content (AvgIpc) is 3.76. The van der Waals surface area contributed by atoms with Crippen LogP contribution in [-0.4, -0.2) is 23.3 Å². The predicted octanol–water partition coefficient (Wildman–Crippen LogP) is 9.20. The van der Waals surface area contributed by atoms with E-state index in [9.17, 15) is 9.59 Å². The number of amides is 1. The van der Waals surface area contributed by atoms with Crippen LogP contribution < -0.4 is 10.1 Å². The lowest BCUT2D eigenvalue weighted by molar-refractivity contribution is -0.153. The molecule has 1 aliphatic rings. The highest BCUT2D eigenvalue weighted by molar-refractivity contribution is 5.74. The number of alkyl carbamates (subject to hydrolysis) is 1. The second kappa shape index (κ2) is 13.8. The van der Waals surface area contributed by atoms with Gasteiger partial charge in [0.2, 0.25) is 0 Å². The standard InChI is InChI=1S/C37H46FNO5/c1-8-12-31(39-35(41)44-37(5,6)7)30-15-11-14-29(34(30)38)28-20-24(19-27(21-28)25-17-18-25)23-42-32-16-10-9-13-26(32)22-33(40)43-36(2,3)4/h9-11,13-16,19-21,25,31H,8,12,17-18,22-23H2,1-7H3,(H,39,41)/t31-/m1/s1. The topological polar surface area (TPSA) is 73.9 Å². The second-order valence-corrected chi connectivity index (χ2v) is 13.6. The van der Waals surface area contributed by atoms with E-state index >= 15 is 4.39 Å². The third kappa shape index (κ3) is 9.57. The predicted molar refractivity (Wildman–Crippen MR) is 171 cm³/mol. The fourth-order valence-electron chi connectivity index (χ4n) is 5.18. The summed E-state index contributed by atoms with van der Waals surface area (Å²) in [5, 5.41) is 2.88. The van der Waals surface area contributed by atoms with Gasteiger partial charge < -0.3 is 19.5 Å². The van der Waals surface area contributed by atoms with Crippen molar-refractivity contribution in [1.29, 1.82) is 0 Å². The summed E-state index contributed by atoms with van der Waals surface area (Å²) in [6, 6.07) is 18.4. The second-order valence-electron chi connectivity index (χ2n) is 13.6. The number of carbonyl (C=O) groups excluding carboxylic acids is 2. The van der Waals surface area contributed by atoms with E-state index in [0.29, 0.717) is 29.2 Å². The van der Waals surface area contributed by atoms with Gasteiger partial charge in [0.15, 0.2) is 0 Å². The van der Waals surface area contributed by atoms with E-state index in [1.54, 1.807) is 32.9 Å². The van der Waals surface area contributed by atoms with E-state index < -0.39 is 23.3 Å². The van der Waals surface area contributed by atoms with Crippen molar-refractivity contribution in [2.45, 2.75) is 110 Å². The third-order valence-electron chi connectivity index (χ3n) is 7.17. The largest absolute Gasteiger partial charge is 0.489 e. The molecule has 0 aliphatic heterocycles. The molecule has 0 spiro atoms. The lowest BCUT2D eigenvalue weighted by atomic mass is 9.93. The summed E-state index contributed by atoms with van der Waals surface area (Å²) in [6.07, 6.45) is 3.08. The van der Waals surface area contributed by atoms with Crippen LogP contribution in [0.2, 0.25) is 0 Å². The first kappa shape index (κ1) is 33.0. The molecule has 7 heteroatoms. The van der Waals surface area contributed by atoms with Gasteiger partial charge in [-0.25, -0.2) is 9.18 Å². The minimum absolute atomic E-state index is 0.106. The third-order valence-corrected chi connectivity index (χ3v) is 7.17. The van der Waals surface area contributed by atoms with Crippen LogP contribution in [0.4, 0.5) is 9.18 Å². The minimum atomic E-state index is -0.654. The highest BCUT2D eigenvalue weighted by Gasteiger charge is 2.27. The van der Waals surface area contributed by atoms with Crippen LogP contribution in [0.1, 0.15) is 108 Å². The minimum Gasteiger partial charge on any atom is -0.489 e. The van der Waals surface area contributed by atoms with E-state index in [4.69, 9.17) is 14.2 Å². The monoisotopic (exact) mass is 603 g/mol. The molecule has 3 aromatic carbocycles. The molecule has 44 heavy (non-hydrogen) atoms. The zero-order valence-electron chi connectivity index (χ0n) is 27.1. The Labute approximate surface area is 261 Å². The number of esters is 1. The van der Waals surface area contributed by atoms with Crippen LogP contribution in [0.3, 0.4) is 0 Å². The first-order valence-electron chi connectivity index (χ1n) is 15.6. The average molecular weight is 604 g/mol. The number of ether oxygens (including phenoxy) is 3. The molecule has 3 aromatic rings. The number of halogens is 1. The number of para-hydroxylation sites is 1. The van der Waals surface area contributed by atoms with Crippen molar-refractivity contribution in [2.75, 3.05) is 0 Å². The van der Waals surface area contributed by atoms with Gasteiger partial charge in [0.25, 0.3) is 0 Å². The molecule has 1 saturated carbocycles. The van der Waals surface area contributed by atoms with Crippen molar-refractivity contribution in [3.05, 3.63) is 88.7 Å². The van der Waals surface area contributed by atoms with Gasteiger partial charge in [-0.1, -0.05) is 61.9 Å². The molecular weight excluding hydrogens is 557 g/mol. The van der Waals surface area contributed by atoms with Gasteiger partial charge in [0.05, 0.1) is 12.5 Å². The molecule has 6 nitrogen and oxygen atoms in total. The number of carbonyl (C=O) groups is 2. The first-order chi connectivity index (χ1) is 20.7. The van der Waals surface area contributed by atoms with Crippen LogP contribution in [0.25, 0.3) is 11.1 Å². The molecule has 0 radical (unpaired) electrons. The molecule has 236 valence electrons. The van der Waals surface area contributed by atoms with Crippen molar-refractivity contribution in [2.24, 2.45) is 0 Å². The van der Waals surface area contributed by atoms with E-state index in [-0.39, 0.29) is 24.8 Å². The van der Waals surface area contributed by atoms with Gasteiger partial charge in [0.1, 0.15) is 29.4 Å². The van der Waals surface area contributed by atoms with Crippen LogP contribution in [0, 0.1) is 5.82 Å². The molecule has 0 unspecified atom stereocenters. The van der Waals surface area contributed by atoms with E-state index in [1.165, 1.54) is 0 Å². The van der Waals surface area contributed by atoms with Crippen molar-refractivity contribution in [3.8, 4) is 16.9 Å². The Balaban J connectivity index is 1.60. The summed E-state index contributed by atoms with van der Waals surface area (Å²) >= 11 is 0. The Kier molecular flexibility index (Phi) is 10.4. The summed E-state index contributed by atoms with van der Waals surface area (Å²) in [5.74, 6) is 0.385. The SMILES string of the molecule is CCC[C@@H](NC(=O)OC(C)(C)C)c1cccc(-c2cc(COc3ccccc3CC(=O)OC(C)(C)C)cc(C3CC3)c2)c1F. The summed E-state index contributed by atoms with van der Waals surface area (Å²) in [7, 11) is 0. The number of benzene rings is 3. The van der Waals surface area contributed by atoms with Crippen LogP contribution in [-0.2, 0) is 27.3 Å². The molecule has 0 saturated heterocycles. The van der Waals surface area contributed by atoms with E-state index in [0.717, 1.165) is 41.5 Å². The van der Waals surface area contributed by atoms with Crippen molar-refractivity contribution < 1.29 is 28.2 Å². The fourth-order valence-corrected chi connectivity index (χ4v) is 5.18. The molecule has 1 N–H and O–H groups in total. The van der Waals surface area contributed by atoms with Crippen LogP contribution in [0.15, 0.2) is 60.7 Å². The van der Waals surface area contributed by atoms with Crippen molar-refractivity contribution in [1.82, 2.24) is 5.32 Å². The zero-order chi connectivity index (χ0) is 32.1. The summed E-state index contributed by atoms with van der Waals surface area (Å²) in [5.41, 5.74) is 3.27. The normalized spacial score (nSPS) is 14.1. The fraction of sp³-hybridized carbons (Fsp3) is 0.459. The van der Waals surface area contributed by atoms with Gasteiger partial charge in [-0.05, 0) is 95.5 Å². The Morgan fingerprint density at radius 2 is 1.64 bits per heavy atom. The Hall–Kier alpha value is -3.87. The smallest absolute Gasteiger partial charge is 0.408 e. The lowest BCUT2D eigenvalue weighted by Crippen LogP contribution is -2.35. The number of hydrogen-bond donors (Lipinski definition) is 1. The lowest BCUT2D eigenvalue weighted by Gasteiger charge is -2.24. The molecule has 0 aromatic heterocycles. The Bertz CT molecular complexity index is 1470. The van der Waals surface area contributed by atoms with Gasteiger partial charge in [-0.3, -0.25) is 4.79 Å². The maximum absolute atomic E-state index is 16.3. The Morgan fingerprint density at radius 1 is 0.932 bits per heavy atom. The van der Waals surface area contributed by atoms with E-state index in [1.807, 2.05) is 64.1 Å². The number of rotatable bonds is 11. The molecule has 1 atom stereocenters. The molecule has 1 amide bonds. The molecule has 4 rings (SSSR count). The van der Waals surface area contributed by atoms with Crippen molar-refractivity contribution >= 4 is 12.1 Å². The van der Waals surface area contributed by atoms with Crippen molar-refractivity contribution in [3.63, 3.8) is 0 Å². The highest BCUT2D eigenvalue weighted by Crippen LogP contribution is 2.42. The summed E-state index contributed by atoms with van der Waals surface area (Å²) < 4.78 is 33.5. The maximum atomic E-state index is 16.3. The number of nitrogens with one attached hydrogen (secondary N) is 1. The van der Waals surface area contributed by atoms with Gasteiger partial charge >= 0.3 is 12.1 Å². The molecule has 1 fully saturated rings. The van der Waals surface area contributed by atoms with Gasteiger partial charge in [0, 0.05) is 16.7 Å². The van der Waals surface area contributed by atoms with Crippen LogP contribution >= 0.6 is 0 Å². The first-order valence-corrected chi connectivity index (χ1v) is 15.6. The summed E-state index contributed by atoms with van der Waals surface area (Å²) in [6.45, 7) is 13.2. The highest BCUT2D eigenvalue weighted by atomic mass is 19.1. The van der Waals surface area contributed by atoms with E-state index in [2.05, 4.69) is 17.4 Å². The number of hydrogen-bond acceptors (Lipinski definition) is 5. The summed E-state index contributed by atoms with van der Waals surface area (Å²) in [4.78, 5) is 25.1. The molecule has 0 bridgehead atoms. The van der Waals surface area contributed by atoms with Gasteiger partial charge in [-0.15, -0.1) is 0 Å².